The highest BCUT2D eigenvalue weighted by atomic mass is 14.8. The molecule has 1 fully saturated rings. The highest BCUT2D eigenvalue weighted by Crippen LogP contribution is 2.11. The molecule has 1 aliphatic rings. The first-order valence-electron chi connectivity index (χ1n) is 5.10. The summed E-state index contributed by atoms with van der Waals surface area (Å²) in [6.45, 7) is 4.83. The number of rotatable bonds is 0. The minimum atomic E-state index is 0.896. The Hall–Kier alpha value is -0.0400. The normalized spacial score (nSPS) is 29.7. The number of hydrogen-bond donors (Lipinski definition) is 1. The second kappa shape index (κ2) is 5.59. The summed E-state index contributed by atoms with van der Waals surface area (Å²) >= 11 is 0. The van der Waals surface area contributed by atoms with Crippen molar-refractivity contribution in [2.45, 2.75) is 45.4 Å². The van der Waals surface area contributed by atoms with Crippen LogP contribution in [0.15, 0.2) is 0 Å². The Labute approximate surface area is 70.6 Å². The van der Waals surface area contributed by atoms with Gasteiger partial charge in [0.05, 0.1) is 0 Å². The van der Waals surface area contributed by atoms with Gasteiger partial charge in [0.1, 0.15) is 0 Å². The maximum absolute atomic E-state index is 3.50. The molecule has 1 heteroatoms. The van der Waals surface area contributed by atoms with Gasteiger partial charge in [0, 0.05) is 0 Å². The number of nitrogens with one attached hydrogen (secondary N) is 1. The number of hydrogen-bond acceptors (Lipinski definition) is 1. The van der Waals surface area contributed by atoms with Gasteiger partial charge in [-0.1, -0.05) is 32.6 Å². The predicted molar refractivity (Wildman–Crippen MR) is 49.7 cm³/mol. The van der Waals surface area contributed by atoms with Crippen LogP contribution in [0.5, 0.6) is 0 Å². The van der Waals surface area contributed by atoms with Gasteiger partial charge in [-0.25, -0.2) is 0 Å². The molecular formula is C10H21N. The smallest absolute Gasteiger partial charge is 0.00232 e. The molecule has 1 aliphatic heterocycles. The van der Waals surface area contributed by atoms with Crippen LogP contribution < -0.4 is 5.32 Å². The lowest BCUT2D eigenvalue weighted by Gasteiger charge is -2.14. The lowest BCUT2D eigenvalue weighted by Crippen LogP contribution is -2.22. The van der Waals surface area contributed by atoms with E-state index in [1.807, 2.05) is 0 Å². The van der Waals surface area contributed by atoms with Crippen LogP contribution in [-0.4, -0.2) is 13.1 Å². The van der Waals surface area contributed by atoms with E-state index in [4.69, 9.17) is 0 Å². The highest BCUT2D eigenvalue weighted by molar-refractivity contribution is 4.60. The molecule has 1 atom stereocenters. The van der Waals surface area contributed by atoms with Gasteiger partial charge in [0.25, 0.3) is 0 Å². The second-order valence-electron chi connectivity index (χ2n) is 3.87. The summed E-state index contributed by atoms with van der Waals surface area (Å²) in [6, 6.07) is 0. The largest absolute Gasteiger partial charge is 0.316 e. The highest BCUT2D eigenvalue weighted by Gasteiger charge is 2.02. The van der Waals surface area contributed by atoms with Crippen molar-refractivity contribution in [2.75, 3.05) is 13.1 Å². The molecule has 11 heavy (non-hydrogen) atoms. The SMILES string of the molecule is CC1CCCCCCCNC1. The Balaban J connectivity index is 2.12. The Kier molecular flexibility index (Phi) is 4.60. The van der Waals surface area contributed by atoms with Gasteiger partial charge in [-0.05, 0) is 31.8 Å². The van der Waals surface area contributed by atoms with Crippen molar-refractivity contribution in [2.24, 2.45) is 5.92 Å². The molecule has 66 valence electrons. The van der Waals surface area contributed by atoms with Crippen LogP contribution in [0, 0.1) is 5.92 Å². The monoisotopic (exact) mass is 155 g/mol. The molecule has 1 unspecified atom stereocenters. The standard InChI is InChI=1S/C10H21N/c1-10-7-5-3-2-4-6-8-11-9-10/h10-11H,2-9H2,1H3. The quantitative estimate of drug-likeness (QED) is 0.567. The molecule has 0 amide bonds. The van der Waals surface area contributed by atoms with E-state index in [0.717, 1.165) is 5.92 Å². The van der Waals surface area contributed by atoms with E-state index in [1.165, 1.54) is 51.6 Å². The van der Waals surface area contributed by atoms with E-state index in [0.29, 0.717) is 0 Å². The van der Waals surface area contributed by atoms with Crippen molar-refractivity contribution >= 4 is 0 Å². The van der Waals surface area contributed by atoms with E-state index >= 15 is 0 Å². The minimum Gasteiger partial charge on any atom is -0.316 e. The topological polar surface area (TPSA) is 12.0 Å². The van der Waals surface area contributed by atoms with Gasteiger partial charge in [-0.2, -0.15) is 0 Å². The molecule has 0 spiro atoms. The van der Waals surface area contributed by atoms with E-state index in [1.54, 1.807) is 0 Å². The molecular weight excluding hydrogens is 134 g/mol. The summed E-state index contributed by atoms with van der Waals surface area (Å²) in [7, 11) is 0. The molecule has 0 aromatic rings. The average Bonchev–Trinajstić information content (AvgIpc) is 2.03. The summed E-state index contributed by atoms with van der Waals surface area (Å²) < 4.78 is 0. The van der Waals surface area contributed by atoms with Crippen molar-refractivity contribution in [3.8, 4) is 0 Å². The molecule has 1 rings (SSSR count). The van der Waals surface area contributed by atoms with Crippen LogP contribution in [0.1, 0.15) is 45.4 Å². The molecule has 0 radical (unpaired) electrons. The van der Waals surface area contributed by atoms with Crippen LogP contribution in [-0.2, 0) is 0 Å². The van der Waals surface area contributed by atoms with Gasteiger partial charge in [-0.3, -0.25) is 0 Å². The fourth-order valence-corrected chi connectivity index (χ4v) is 1.72. The van der Waals surface area contributed by atoms with Crippen LogP contribution in [0.3, 0.4) is 0 Å². The van der Waals surface area contributed by atoms with Crippen LogP contribution >= 0.6 is 0 Å². The molecule has 0 aliphatic carbocycles. The Morgan fingerprint density at radius 3 is 2.64 bits per heavy atom. The van der Waals surface area contributed by atoms with Crippen molar-refractivity contribution in [1.82, 2.24) is 5.32 Å². The first kappa shape index (κ1) is 9.05. The van der Waals surface area contributed by atoms with Crippen LogP contribution in [0.4, 0.5) is 0 Å². The molecule has 1 N–H and O–H groups in total. The van der Waals surface area contributed by atoms with Gasteiger partial charge in [0.15, 0.2) is 0 Å². The minimum absolute atomic E-state index is 0.896. The van der Waals surface area contributed by atoms with Crippen LogP contribution in [0.25, 0.3) is 0 Å². The second-order valence-corrected chi connectivity index (χ2v) is 3.87. The third kappa shape index (κ3) is 4.41. The summed E-state index contributed by atoms with van der Waals surface area (Å²) in [4.78, 5) is 0. The van der Waals surface area contributed by atoms with E-state index < -0.39 is 0 Å². The summed E-state index contributed by atoms with van der Waals surface area (Å²) in [6.07, 6.45) is 8.60. The Morgan fingerprint density at radius 2 is 1.73 bits per heavy atom. The van der Waals surface area contributed by atoms with Gasteiger partial charge >= 0.3 is 0 Å². The van der Waals surface area contributed by atoms with E-state index in [-0.39, 0.29) is 0 Å². The summed E-state index contributed by atoms with van der Waals surface area (Å²) in [5.74, 6) is 0.896. The molecule has 0 aromatic heterocycles. The Morgan fingerprint density at radius 1 is 1.00 bits per heavy atom. The van der Waals surface area contributed by atoms with Gasteiger partial charge in [0.2, 0.25) is 0 Å². The molecule has 0 saturated carbocycles. The van der Waals surface area contributed by atoms with Crippen molar-refractivity contribution in [3.05, 3.63) is 0 Å². The lowest BCUT2D eigenvalue weighted by molar-refractivity contribution is 0.428. The molecule has 1 nitrogen and oxygen atoms in total. The van der Waals surface area contributed by atoms with E-state index in [9.17, 15) is 0 Å². The van der Waals surface area contributed by atoms with Crippen LogP contribution in [0.2, 0.25) is 0 Å². The first-order valence-corrected chi connectivity index (χ1v) is 5.10. The maximum atomic E-state index is 3.50. The zero-order valence-electron chi connectivity index (χ0n) is 7.73. The fourth-order valence-electron chi connectivity index (χ4n) is 1.72. The van der Waals surface area contributed by atoms with Crippen molar-refractivity contribution < 1.29 is 0 Å². The zero-order chi connectivity index (χ0) is 7.94. The molecule has 1 saturated heterocycles. The third-order valence-corrected chi connectivity index (χ3v) is 2.54. The Bertz CT molecular complexity index is 80.9. The van der Waals surface area contributed by atoms with E-state index in [2.05, 4.69) is 12.2 Å². The predicted octanol–water partition coefficient (Wildman–Crippen LogP) is 2.57. The molecule has 0 bridgehead atoms. The third-order valence-electron chi connectivity index (χ3n) is 2.54. The first-order chi connectivity index (χ1) is 5.39. The summed E-state index contributed by atoms with van der Waals surface area (Å²) in [5.41, 5.74) is 0. The van der Waals surface area contributed by atoms with Crippen molar-refractivity contribution in [3.63, 3.8) is 0 Å². The maximum Gasteiger partial charge on any atom is -0.00232 e. The lowest BCUT2D eigenvalue weighted by atomic mass is 10.0. The average molecular weight is 155 g/mol. The fraction of sp³-hybridized carbons (Fsp3) is 1.00. The molecule has 0 aromatic carbocycles. The van der Waals surface area contributed by atoms with Gasteiger partial charge < -0.3 is 5.32 Å². The van der Waals surface area contributed by atoms with Gasteiger partial charge in [-0.15, -0.1) is 0 Å². The zero-order valence-corrected chi connectivity index (χ0v) is 7.73. The molecule has 1 heterocycles. The van der Waals surface area contributed by atoms with Crippen molar-refractivity contribution in [1.29, 1.82) is 0 Å². The summed E-state index contributed by atoms with van der Waals surface area (Å²) in [5, 5.41) is 3.50.